The zero-order valence-corrected chi connectivity index (χ0v) is 14.6. The smallest absolute Gasteiger partial charge is 0.337 e. The molecule has 0 radical (unpaired) electrons. The highest BCUT2D eigenvalue weighted by molar-refractivity contribution is 6.32. The van der Waals surface area contributed by atoms with Crippen molar-refractivity contribution in [2.45, 2.75) is 6.54 Å². The summed E-state index contributed by atoms with van der Waals surface area (Å²) in [7, 11) is 0. The largest absolute Gasteiger partial charge is 0.478 e. The van der Waals surface area contributed by atoms with Gasteiger partial charge in [-0.15, -0.1) is 0 Å². The molecule has 4 heteroatoms. The quantitative estimate of drug-likeness (QED) is 0.506. The molecule has 1 N–H and O–H groups in total. The van der Waals surface area contributed by atoms with Crippen LogP contribution < -0.4 is 0 Å². The second kappa shape index (κ2) is 6.70. The molecule has 0 aliphatic heterocycles. The summed E-state index contributed by atoms with van der Waals surface area (Å²) < 4.78 is 1.95. The Morgan fingerprint density at radius 3 is 2.31 bits per heavy atom. The molecule has 1 aromatic heterocycles. The third kappa shape index (κ3) is 3.09. The number of carboxylic acids is 1. The first-order chi connectivity index (χ1) is 12.6. The van der Waals surface area contributed by atoms with Gasteiger partial charge in [0.1, 0.15) is 0 Å². The van der Waals surface area contributed by atoms with Crippen LogP contribution in [0.3, 0.4) is 0 Å². The molecule has 0 aliphatic rings. The van der Waals surface area contributed by atoms with Crippen LogP contribution in [0.4, 0.5) is 0 Å². The Hall–Kier alpha value is -3.04. The van der Waals surface area contributed by atoms with Crippen molar-refractivity contribution in [3.8, 4) is 11.1 Å². The third-order valence-electron chi connectivity index (χ3n) is 4.47. The molecule has 128 valence electrons. The molecule has 0 saturated carbocycles. The lowest BCUT2D eigenvalue weighted by Crippen LogP contribution is -2.04. The van der Waals surface area contributed by atoms with Gasteiger partial charge in [0.05, 0.1) is 11.1 Å². The Labute approximate surface area is 156 Å². The van der Waals surface area contributed by atoms with Crippen molar-refractivity contribution in [2.24, 2.45) is 0 Å². The summed E-state index contributed by atoms with van der Waals surface area (Å²) in [5.41, 5.74) is 4.35. The molecule has 0 fully saturated rings. The fourth-order valence-corrected chi connectivity index (χ4v) is 3.46. The summed E-state index contributed by atoms with van der Waals surface area (Å²) in [6.45, 7) is 0.598. The summed E-state index contributed by atoms with van der Waals surface area (Å²) in [4.78, 5) is 11.6. The standard InChI is InChI=1S/C22H16ClNO2/c23-19-12-18-10-11-24(21(18)20(13-19)22(25)26)14-15-6-8-17(9-7-15)16-4-2-1-3-5-16/h1-13H,14H2,(H,25,26). The highest BCUT2D eigenvalue weighted by Crippen LogP contribution is 2.27. The highest BCUT2D eigenvalue weighted by atomic mass is 35.5. The number of aromatic nitrogens is 1. The lowest BCUT2D eigenvalue weighted by atomic mass is 10.0. The van der Waals surface area contributed by atoms with E-state index in [1.54, 1.807) is 6.07 Å². The van der Waals surface area contributed by atoms with Gasteiger partial charge in [0.15, 0.2) is 0 Å². The molecule has 0 spiro atoms. The first-order valence-electron chi connectivity index (χ1n) is 8.28. The van der Waals surface area contributed by atoms with Crippen molar-refractivity contribution in [1.82, 2.24) is 4.57 Å². The molecule has 0 bridgehead atoms. The van der Waals surface area contributed by atoms with E-state index in [0.717, 1.165) is 16.5 Å². The Morgan fingerprint density at radius 2 is 1.62 bits per heavy atom. The van der Waals surface area contributed by atoms with E-state index in [9.17, 15) is 9.90 Å². The number of fused-ring (bicyclic) bond motifs is 1. The van der Waals surface area contributed by atoms with Crippen molar-refractivity contribution in [1.29, 1.82) is 0 Å². The molecule has 0 saturated heterocycles. The van der Waals surface area contributed by atoms with E-state index in [1.807, 2.05) is 35.0 Å². The summed E-state index contributed by atoms with van der Waals surface area (Å²) in [6.07, 6.45) is 1.90. The average Bonchev–Trinajstić information content (AvgIpc) is 3.04. The van der Waals surface area contributed by atoms with Crippen LogP contribution in [0.2, 0.25) is 5.02 Å². The molecule has 26 heavy (non-hydrogen) atoms. The first kappa shape index (κ1) is 16.4. The van der Waals surface area contributed by atoms with Crippen LogP contribution in [-0.2, 0) is 6.54 Å². The van der Waals surface area contributed by atoms with E-state index in [1.165, 1.54) is 11.6 Å². The van der Waals surface area contributed by atoms with Gasteiger partial charge in [-0.05, 0) is 34.9 Å². The number of rotatable bonds is 4. The second-order valence-electron chi connectivity index (χ2n) is 6.20. The van der Waals surface area contributed by atoms with Crippen LogP contribution >= 0.6 is 11.6 Å². The predicted octanol–water partition coefficient (Wildman–Crippen LogP) is 5.71. The van der Waals surface area contributed by atoms with E-state index in [4.69, 9.17) is 11.6 Å². The summed E-state index contributed by atoms with van der Waals surface area (Å²) in [5, 5.41) is 10.8. The van der Waals surface area contributed by atoms with Crippen LogP contribution in [-0.4, -0.2) is 15.6 Å². The molecular formula is C22H16ClNO2. The van der Waals surface area contributed by atoms with Gasteiger partial charge < -0.3 is 9.67 Å². The molecular weight excluding hydrogens is 346 g/mol. The monoisotopic (exact) mass is 361 g/mol. The first-order valence-corrected chi connectivity index (χ1v) is 8.66. The van der Waals surface area contributed by atoms with Crippen LogP contribution in [0.15, 0.2) is 79.0 Å². The van der Waals surface area contributed by atoms with Crippen molar-refractivity contribution < 1.29 is 9.90 Å². The zero-order valence-electron chi connectivity index (χ0n) is 13.9. The van der Waals surface area contributed by atoms with Gasteiger partial charge >= 0.3 is 5.97 Å². The zero-order chi connectivity index (χ0) is 18.1. The van der Waals surface area contributed by atoms with Crippen molar-refractivity contribution in [3.05, 3.63) is 95.1 Å². The molecule has 1 heterocycles. The molecule has 0 aliphatic carbocycles. The van der Waals surface area contributed by atoms with Gasteiger partial charge in [-0.2, -0.15) is 0 Å². The molecule has 3 aromatic carbocycles. The summed E-state index contributed by atoms with van der Waals surface area (Å²) >= 11 is 6.04. The number of benzene rings is 3. The maximum atomic E-state index is 11.6. The van der Waals surface area contributed by atoms with Crippen LogP contribution in [0.1, 0.15) is 15.9 Å². The number of hydrogen-bond donors (Lipinski definition) is 1. The Kier molecular flexibility index (Phi) is 4.23. The topological polar surface area (TPSA) is 42.2 Å². The second-order valence-corrected chi connectivity index (χ2v) is 6.64. The number of nitrogens with zero attached hydrogens (tertiary/aromatic N) is 1. The molecule has 0 atom stereocenters. The van der Waals surface area contributed by atoms with E-state index < -0.39 is 5.97 Å². The van der Waals surface area contributed by atoms with Crippen molar-refractivity contribution in [3.63, 3.8) is 0 Å². The maximum Gasteiger partial charge on any atom is 0.337 e. The molecule has 0 amide bonds. The number of carbonyl (C=O) groups is 1. The third-order valence-corrected chi connectivity index (χ3v) is 4.69. The van der Waals surface area contributed by atoms with Crippen molar-refractivity contribution in [2.75, 3.05) is 0 Å². The lowest BCUT2D eigenvalue weighted by Gasteiger charge is -2.09. The summed E-state index contributed by atoms with van der Waals surface area (Å²) in [5.74, 6) is -0.975. The highest BCUT2D eigenvalue weighted by Gasteiger charge is 2.14. The normalized spacial score (nSPS) is 11.0. The SMILES string of the molecule is O=C(O)c1cc(Cl)cc2ccn(Cc3ccc(-c4ccccc4)cc3)c12. The molecule has 4 aromatic rings. The average molecular weight is 362 g/mol. The van der Waals surface area contributed by atoms with E-state index in [0.29, 0.717) is 17.1 Å². The van der Waals surface area contributed by atoms with Crippen molar-refractivity contribution >= 4 is 28.5 Å². The number of halogens is 1. The molecule has 3 nitrogen and oxygen atoms in total. The molecule has 0 unspecified atom stereocenters. The molecule has 4 rings (SSSR count). The minimum Gasteiger partial charge on any atom is -0.478 e. The lowest BCUT2D eigenvalue weighted by molar-refractivity contribution is 0.0698. The van der Waals surface area contributed by atoms with Gasteiger partial charge in [0.2, 0.25) is 0 Å². The van der Waals surface area contributed by atoms with Crippen LogP contribution in [0.25, 0.3) is 22.0 Å². The van der Waals surface area contributed by atoms with Gasteiger partial charge in [-0.1, -0.05) is 66.2 Å². The van der Waals surface area contributed by atoms with Gasteiger partial charge in [0, 0.05) is 23.2 Å². The Morgan fingerprint density at radius 1 is 0.923 bits per heavy atom. The minimum atomic E-state index is -0.975. The van der Waals surface area contributed by atoms with Gasteiger partial charge in [0.25, 0.3) is 0 Å². The predicted molar refractivity (Wildman–Crippen MR) is 105 cm³/mol. The number of hydrogen-bond acceptors (Lipinski definition) is 1. The van der Waals surface area contributed by atoms with Crippen LogP contribution in [0, 0.1) is 0 Å². The van der Waals surface area contributed by atoms with Crippen LogP contribution in [0.5, 0.6) is 0 Å². The fourth-order valence-electron chi connectivity index (χ4n) is 3.24. The van der Waals surface area contributed by atoms with E-state index in [-0.39, 0.29) is 5.56 Å². The van der Waals surface area contributed by atoms with Gasteiger partial charge in [-0.3, -0.25) is 0 Å². The summed E-state index contributed by atoms with van der Waals surface area (Å²) in [6, 6.07) is 23.7. The van der Waals surface area contributed by atoms with E-state index >= 15 is 0 Å². The number of carboxylic acid groups (broad SMARTS) is 1. The minimum absolute atomic E-state index is 0.221. The number of aromatic carboxylic acids is 1. The Bertz CT molecular complexity index is 1080. The maximum absolute atomic E-state index is 11.6. The Balaban J connectivity index is 1.69. The van der Waals surface area contributed by atoms with E-state index in [2.05, 4.69) is 36.4 Å². The fraction of sp³-hybridized carbons (Fsp3) is 0.0455. The van der Waals surface area contributed by atoms with Gasteiger partial charge in [-0.25, -0.2) is 4.79 Å².